The van der Waals surface area contributed by atoms with Gasteiger partial charge in [-0.1, -0.05) is 41.9 Å². The minimum Gasteiger partial charge on any atom is -0.294 e. The van der Waals surface area contributed by atoms with E-state index >= 15 is 0 Å². The lowest BCUT2D eigenvalue weighted by Gasteiger charge is -2.02. The Morgan fingerprint density at radius 1 is 0.955 bits per heavy atom. The molecule has 0 N–H and O–H groups in total. The fourth-order valence-corrected chi connectivity index (χ4v) is 3.52. The van der Waals surface area contributed by atoms with Gasteiger partial charge in [-0.15, -0.1) is 11.3 Å². The zero-order valence-electron chi connectivity index (χ0n) is 11.7. The van der Waals surface area contributed by atoms with Crippen molar-refractivity contribution in [1.29, 1.82) is 0 Å². The van der Waals surface area contributed by atoms with E-state index in [2.05, 4.69) is 0 Å². The molecule has 2 aromatic carbocycles. The molecule has 0 radical (unpaired) electrons. The number of carbonyl (C=O) groups is 2. The zero-order valence-corrected chi connectivity index (χ0v) is 13.3. The molecule has 1 heterocycles. The minimum atomic E-state index is -0.0598. The molecule has 0 aliphatic heterocycles. The molecule has 0 saturated heterocycles. The Morgan fingerprint density at radius 3 is 2.55 bits per heavy atom. The molecule has 3 aromatic rings. The van der Waals surface area contributed by atoms with Crippen LogP contribution in [0.15, 0.2) is 53.9 Å². The molecule has 0 unspecified atom stereocenters. The fraction of sp³-hybridized carbons (Fsp3) is 0.111. The van der Waals surface area contributed by atoms with Gasteiger partial charge in [0.2, 0.25) is 0 Å². The molecule has 4 heteroatoms. The van der Waals surface area contributed by atoms with Crippen molar-refractivity contribution in [2.24, 2.45) is 0 Å². The average Bonchev–Trinajstić information content (AvgIpc) is 2.96. The zero-order chi connectivity index (χ0) is 15.5. The maximum absolute atomic E-state index is 12.4. The van der Waals surface area contributed by atoms with E-state index in [4.69, 9.17) is 11.6 Å². The van der Waals surface area contributed by atoms with Crippen LogP contribution in [0, 0.1) is 0 Å². The second-order valence-corrected chi connectivity index (χ2v) is 6.35. The molecule has 0 aliphatic carbocycles. The molecular weight excluding hydrogens is 316 g/mol. The van der Waals surface area contributed by atoms with Gasteiger partial charge in [0.1, 0.15) is 0 Å². The van der Waals surface area contributed by atoms with Gasteiger partial charge in [0.05, 0.1) is 0 Å². The van der Waals surface area contributed by atoms with Crippen LogP contribution >= 0.6 is 22.9 Å². The minimum absolute atomic E-state index is 0.00725. The van der Waals surface area contributed by atoms with E-state index in [1.807, 2.05) is 29.6 Å². The summed E-state index contributed by atoms with van der Waals surface area (Å²) >= 11 is 7.43. The summed E-state index contributed by atoms with van der Waals surface area (Å²) in [4.78, 5) is 24.5. The van der Waals surface area contributed by atoms with Crippen LogP contribution in [0.3, 0.4) is 0 Å². The van der Waals surface area contributed by atoms with Gasteiger partial charge in [-0.05, 0) is 18.2 Å². The first kappa shape index (κ1) is 14.9. The Balaban J connectivity index is 1.71. The summed E-state index contributed by atoms with van der Waals surface area (Å²) < 4.78 is 1.09. The van der Waals surface area contributed by atoms with Crippen LogP contribution in [0.25, 0.3) is 10.1 Å². The standard InChI is InChI=1S/C18H13ClO2S/c19-13-5-3-4-12(10-13)16(20)8-9-17(21)15-11-22-18-7-2-1-6-14(15)18/h1-7,10-11H,8-9H2. The summed E-state index contributed by atoms with van der Waals surface area (Å²) in [6.45, 7) is 0. The van der Waals surface area contributed by atoms with Crippen LogP contribution in [0.4, 0.5) is 0 Å². The normalized spacial score (nSPS) is 10.8. The highest BCUT2D eigenvalue weighted by Gasteiger charge is 2.14. The van der Waals surface area contributed by atoms with Crippen molar-refractivity contribution in [3.8, 4) is 0 Å². The van der Waals surface area contributed by atoms with Crippen LogP contribution in [0.2, 0.25) is 5.02 Å². The van der Waals surface area contributed by atoms with Gasteiger partial charge < -0.3 is 0 Å². The van der Waals surface area contributed by atoms with E-state index in [1.54, 1.807) is 35.6 Å². The smallest absolute Gasteiger partial charge is 0.164 e. The molecule has 110 valence electrons. The topological polar surface area (TPSA) is 34.1 Å². The van der Waals surface area contributed by atoms with Crippen molar-refractivity contribution in [1.82, 2.24) is 0 Å². The third-order valence-electron chi connectivity index (χ3n) is 3.51. The molecular formula is C18H13ClO2S. The van der Waals surface area contributed by atoms with Crippen molar-refractivity contribution >= 4 is 44.6 Å². The number of carbonyl (C=O) groups excluding carboxylic acids is 2. The van der Waals surface area contributed by atoms with Crippen molar-refractivity contribution in [3.05, 3.63) is 70.1 Å². The maximum Gasteiger partial charge on any atom is 0.164 e. The molecule has 0 saturated carbocycles. The van der Waals surface area contributed by atoms with E-state index in [1.165, 1.54) is 0 Å². The maximum atomic E-state index is 12.4. The molecule has 0 spiro atoms. The highest BCUT2D eigenvalue weighted by atomic mass is 35.5. The number of benzene rings is 2. The van der Waals surface area contributed by atoms with Gasteiger partial charge >= 0.3 is 0 Å². The molecule has 2 nitrogen and oxygen atoms in total. The van der Waals surface area contributed by atoms with Crippen molar-refractivity contribution in [2.45, 2.75) is 12.8 Å². The number of Topliss-reactive ketones (excluding diaryl/α,β-unsaturated/α-hetero) is 2. The Bertz CT molecular complexity index is 851. The quantitative estimate of drug-likeness (QED) is 0.587. The van der Waals surface area contributed by atoms with E-state index in [-0.39, 0.29) is 24.4 Å². The van der Waals surface area contributed by atoms with Gasteiger partial charge in [-0.2, -0.15) is 0 Å². The first-order chi connectivity index (χ1) is 10.6. The van der Waals surface area contributed by atoms with Gasteiger partial charge in [0.15, 0.2) is 11.6 Å². The Labute approximate surface area is 137 Å². The lowest BCUT2D eigenvalue weighted by molar-refractivity contribution is 0.0918. The van der Waals surface area contributed by atoms with Crippen molar-refractivity contribution in [2.75, 3.05) is 0 Å². The second kappa shape index (κ2) is 6.42. The summed E-state index contributed by atoms with van der Waals surface area (Å²) in [6, 6.07) is 14.6. The molecule has 1 aromatic heterocycles. The van der Waals surface area contributed by atoms with E-state index in [0.29, 0.717) is 16.1 Å². The number of hydrogen-bond donors (Lipinski definition) is 0. The molecule has 0 fully saturated rings. The lowest BCUT2D eigenvalue weighted by atomic mass is 10.0. The third kappa shape index (κ3) is 3.11. The van der Waals surface area contributed by atoms with Crippen molar-refractivity contribution < 1.29 is 9.59 Å². The van der Waals surface area contributed by atoms with Gasteiger partial charge in [-0.25, -0.2) is 0 Å². The number of rotatable bonds is 5. The van der Waals surface area contributed by atoms with Crippen molar-refractivity contribution in [3.63, 3.8) is 0 Å². The number of fused-ring (bicyclic) bond motifs is 1. The van der Waals surface area contributed by atoms with Crippen LogP contribution in [0.5, 0.6) is 0 Å². The highest BCUT2D eigenvalue weighted by molar-refractivity contribution is 7.17. The van der Waals surface area contributed by atoms with Gasteiger partial charge in [-0.3, -0.25) is 9.59 Å². The largest absolute Gasteiger partial charge is 0.294 e. The number of hydrogen-bond acceptors (Lipinski definition) is 3. The fourth-order valence-electron chi connectivity index (χ4n) is 2.36. The monoisotopic (exact) mass is 328 g/mol. The summed E-state index contributed by atoms with van der Waals surface area (Å²) in [5.41, 5.74) is 1.26. The number of thiophene rings is 1. The van der Waals surface area contributed by atoms with Gasteiger partial charge in [0.25, 0.3) is 0 Å². The molecule has 0 bridgehead atoms. The first-order valence-electron chi connectivity index (χ1n) is 6.93. The summed E-state index contributed by atoms with van der Waals surface area (Å²) in [7, 11) is 0. The van der Waals surface area contributed by atoms with Gasteiger partial charge in [0, 0.05) is 44.5 Å². The molecule has 0 aliphatic rings. The Hall–Kier alpha value is -1.97. The average molecular weight is 329 g/mol. The van der Waals surface area contributed by atoms with E-state index in [0.717, 1.165) is 10.1 Å². The predicted octanol–water partition coefficient (Wildman–Crippen LogP) is 5.40. The summed E-state index contributed by atoms with van der Waals surface area (Å²) in [5.74, 6) is -0.0526. The molecule has 3 rings (SSSR count). The number of halogens is 1. The molecule has 0 atom stereocenters. The van der Waals surface area contributed by atoms with Crippen LogP contribution in [0.1, 0.15) is 33.6 Å². The van der Waals surface area contributed by atoms with E-state index < -0.39 is 0 Å². The Kier molecular flexibility index (Phi) is 4.36. The highest BCUT2D eigenvalue weighted by Crippen LogP contribution is 2.27. The Morgan fingerprint density at radius 2 is 1.73 bits per heavy atom. The molecule has 0 amide bonds. The third-order valence-corrected chi connectivity index (χ3v) is 4.71. The SMILES string of the molecule is O=C(CCC(=O)c1csc2ccccc12)c1cccc(Cl)c1. The van der Waals surface area contributed by atoms with Crippen LogP contribution < -0.4 is 0 Å². The lowest BCUT2D eigenvalue weighted by Crippen LogP contribution is -2.04. The summed E-state index contributed by atoms with van der Waals surface area (Å²) in [5, 5.41) is 3.37. The molecule has 22 heavy (non-hydrogen) atoms. The second-order valence-electron chi connectivity index (χ2n) is 5.00. The summed E-state index contributed by atoms with van der Waals surface area (Å²) in [6.07, 6.45) is 0.412. The van der Waals surface area contributed by atoms with Crippen LogP contribution in [-0.4, -0.2) is 11.6 Å². The first-order valence-corrected chi connectivity index (χ1v) is 8.19. The van der Waals surface area contributed by atoms with E-state index in [9.17, 15) is 9.59 Å². The predicted molar refractivity (Wildman–Crippen MR) is 91.2 cm³/mol. The van der Waals surface area contributed by atoms with Crippen LogP contribution in [-0.2, 0) is 0 Å². The number of ketones is 2.